The number of ether oxygens (including phenoxy) is 1. The van der Waals surface area contributed by atoms with Crippen molar-refractivity contribution in [2.75, 3.05) is 19.0 Å². The van der Waals surface area contributed by atoms with Crippen LogP contribution in [-0.4, -0.2) is 29.4 Å². The molecule has 0 fully saturated rings. The summed E-state index contributed by atoms with van der Waals surface area (Å²) < 4.78 is 43.9. The minimum Gasteiger partial charge on any atom is -0.383 e. The second-order valence-corrected chi connectivity index (χ2v) is 4.81. The van der Waals surface area contributed by atoms with Gasteiger partial charge in [-0.1, -0.05) is 6.07 Å². The van der Waals surface area contributed by atoms with Gasteiger partial charge in [0.05, 0.1) is 18.7 Å². The zero-order chi connectivity index (χ0) is 17.7. The number of benzene rings is 1. The summed E-state index contributed by atoms with van der Waals surface area (Å²) in [5.41, 5.74) is -1.41. The first kappa shape index (κ1) is 17.7. The molecule has 0 radical (unpaired) electrons. The number of methoxy groups -OCH3 is 1. The Balaban J connectivity index is 2.20. The third kappa shape index (κ3) is 4.42. The van der Waals surface area contributed by atoms with Gasteiger partial charge in [0.2, 0.25) is 0 Å². The van der Waals surface area contributed by atoms with E-state index in [0.717, 1.165) is 22.9 Å². The Morgan fingerprint density at radius 1 is 1.29 bits per heavy atom. The quantitative estimate of drug-likeness (QED) is 0.904. The fourth-order valence-corrected chi connectivity index (χ4v) is 1.88. The van der Waals surface area contributed by atoms with Crippen LogP contribution in [-0.2, 0) is 17.5 Å². The van der Waals surface area contributed by atoms with Crippen LogP contribution >= 0.6 is 0 Å². The van der Waals surface area contributed by atoms with Crippen molar-refractivity contribution in [1.82, 2.24) is 9.78 Å². The lowest BCUT2D eigenvalue weighted by molar-refractivity contribution is -0.137. The van der Waals surface area contributed by atoms with Crippen LogP contribution in [0, 0.1) is 0 Å². The maximum Gasteiger partial charge on any atom is 0.416 e. The number of aromatic nitrogens is 2. The van der Waals surface area contributed by atoms with Gasteiger partial charge in [-0.05, 0) is 24.3 Å². The summed E-state index contributed by atoms with van der Waals surface area (Å²) in [6.45, 7) is 0.381. The van der Waals surface area contributed by atoms with Crippen LogP contribution < -0.4 is 10.9 Å². The predicted octanol–water partition coefficient (Wildman–Crippen LogP) is 2.16. The van der Waals surface area contributed by atoms with E-state index in [1.54, 1.807) is 0 Å². The van der Waals surface area contributed by atoms with Crippen molar-refractivity contribution in [3.63, 3.8) is 0 Å². The Hall–Kier alpha value is -2.68. The molecule has 0 unspecified atom stereocenters. The van der Waals surface area contributed by atoms with E-state index in [2.05, 4.69) is 10.4 Å². The number of rotatable bonds is 5. The lowest BCUT2D eigenvalue weighted by Crippen LogP contribution is -2.27. The highest BCUT2D eigenvalue weighted by Crippen LogP contribution is 2.30. The molecule has 6 nitrogen and oxygen atoms in total. The Labute approximate surface area is 134 Å². The molecule has 0 atom stereocenters. The molecule has 1 N–H and O–H groups in total. The summed E-state index contributed by atoms with van der Waals surface area (Å²) in [5.74, 6) is -0.722. The number of nitrogens with zero attached hydrogens (tertiary/aromatic N) is 2. The summed E-state index contributed by atoms with van der Waals surface area (Å²) in [6, 6.07) is 6.59. The molecule has 1 aromatic heterocycles. The zero-order valence-corrected chi connectivity index (χ0v) is 12.6. The molecule has 0 saturated heterocycles. The lowest BCUT2D eigenvalue weighted by Gasteiger charge is -2.10. The average molecular weight is 341 g/mol. The van der Waals surface area contributed by atoms with Gasteiger partial charge in [0.1, 0.15) is 5.69 Å². The number of amides is 1. The number of alkyl halides is 3. The molecule has 2 rings (SSSR count). The zero-order valence-electron chi connectivity index (χ0n) is 12.6. The largest absolute Gasteiger partial charge is 0.416 e. The molecule has 1 aromatic carbocycles. The molecular formula is C15H14F3N3O3. The van der Waals surface area contributed by atoms with E-state index in [9.17, 15) is 22.8 Å². The minimum atomic E-state index is -4.51. The van der Waals surface area contributed by atoms with Crippen LogP contribution in [0.2, 0.25) is 0 Å². The van der Waals surface area contributed by atoms with Crippen molar-refractivity contribution in [2.45, 2.75) is 12.7 Å². The SMILES string of the molecule is COCCn1nc(C(=O)Nc2cccc(C(F)(F)F)c2)ccc1=O. The average Bonchev–Trinajstić information content (AvgIpc) is 2.53. The molecule has 0 aliphatic rings. The van der Waals surface area contributed by atoms with Gasteiger partial charge < -0.3 is 10.1 Å². The van der Waals surface area contributed by atoms with E-state index < -0.39 is 23.2 Å². The second kappa shape index (κ2) is 7.26. The van der Waals surface area contributed by atoms with Crippen LogP contribution in [0.4, 0.5) is 18.9 Å². The van der Waals surface area contributed by atoms with Crippen LogP contribution in [0.1, 0.15) is 16.1 Å². The second-order valence-electron chi connectivity index (χ2n) is 4.81. The van der Waals surface area contributed by atoms with Crippen molar-refractivity contribution in [3.8, 4) is 0 Å². The van der Waals surface area contributed by atoms with Gasteiger partial charge in [-0.15, -0.1) is 0 Å². The van der Waals surface area contributed by atoms with Crippen molar-refractivity contribution in [1.29, 1.82) is 0 Å². The number of halogens is 3. The molecule has 2 aromatic rings. The van der Waals surface area contributed by atoms with Crippen molar-refractivity contribution in [3.05, 3.63) is 58.0 Å². The summed E-state index contributed by atoms with van der Waals surface area (Å²) in [5, 5.41) is 6.19. The Morgan fingerprint density at radius 3 is 2.71 bits per heavy atom. The van der Waals surface area contributed by atoms with E-state index in [1.807, 2.05) is 0 Å². The highest BCUT2D eigenvalue weighted by molar-refractivity contribution is 6.02. The first-order chi connectivity index (χ1) is 11.3. The molecule has 0 aliphatic carbocycles. The molecule has 1 heterocycles. The Bertz CT molecular complexity index is 787. The van der Waals surface area contributed by atoms with E-state index in [-0.39, 0.29) is 24.5 Å². The molecular weight excluding hydrogens is 327 g/mol. The summed E-state index contributed by atoms with van der Waals surface area (Å²) in [6.07, 6.45) is -4.51. The van der Waals surface area contributed by atoms with Crippen molar-refractivity contribution in [2.24, 2.45) is 0 Å². The normalized spacial score (nSPS) is 11.3. The van der Waals surface area contributed by atoms with E-state index in [1.165, 1.54) is 25.3 Å². The van der Waals surface area contributed by atoms with Gasteiger partial charge >= 0.3 is 6.18 Å². The number of nitrogens with one attached hydrogen (secondary N) is 1. The fraction of sp³-hybridized carbons (Fsp3) is 0.267. The highest BCUT2D eigenvalue weighted by atomic mass is 19.4. The fourth-order valence-electron chi connectivity index (χ4n) is 1.88. The molecule has 0 aliphatic heterocycles. The molecule has 1 amide bonds. The van der Waals surface area contributed by atoms with Gasteiger partial charge in [-0.3, -0.25) is 9.59 Å². The Morgan fingerprint density at radius 2 is 2.04 bits per heavy atom. The molecule has 24 heavy (non-hydrogen) atoms. The number of carbonyl (C=O) groups excluding carboxylic acids is 1. The third-order valence-electron chi connectivity index (χ3n) is 3.05. The van der Waals surface area contributed by atoms with Gasteiger partial charge in [0.15, 0.2) is 0 Å². The minimum absolute atomic E-state index is 0.0220. The molecule has 0 saturated carbocycles. The molecule has 9 heteroatoms. The first-order valence-corrected chi connectivity index (χ1v) is 6.87. The van der Waals surface area contributed by atoms with Crippen LogP contribution in [0.25, 0.3) is 0 Å². The summed E-state index contributed by atoms with van der Waals surface area (Å²) in [7, 11) is 1.45. The number of hydrogen-bond donors (Lipinski definition) is 1. The lowest BCUT2D eigenvalue weighted by atomic mass is 10.2. The van der Waals surface area contributed by atoms with Gasteiger partial charge in [-0.25, -0.2) is 4.68 Å². The van der Waals surface area contributed by atoms with E-state index >= 15 is 0 Å². The summed E-state index contributed by atoms with van der Waals surface area (Å²) in [4.78, 5) is 23.7. The predicted molar refractivity (Wildman–Crippen MR) is 79.8 cm³/mol. The van der Waals surface area contributed by atoms with Gasteiger partial charge in [0, 0.05) is 18.9 Å². The van der Waals surface area contributed by atoms with Crippen LogP contribution in [0.3, 0.4) is 0 Å². The molecule has 128 valence electrons. The molecule has 0 spiro atoms. The number of hydrogen-bond acceptors (Lipinski definition) is 4. The highest BCUT2D eigenvalue weighted by Gasteiger charge is 2.30. The maximum absolute atomic E-state index is 12.7. The standard InChI is InChI=1S/C15H14F3N3O3/c1-24-8-7-21-13(22)6-5-12(20-21)14(23)19-11-4-2-3-10(9-11)15(16,17)18/h2-6,9H,7-8H2,1H3,(H,19,23). The Kier molecular flexibility index (Phi) is 5.35. The topological polar surface area (TPSA) is 73.2 Å². The molecule has 0 bridgehead atoms. The van der Waals surface area contributed by atoms with Crippen LogP contribution in [0.5, 0.6) is 0 Å². The van der Waals surface area contributed by atoms with Crippen molar-refractivity contribution < 1.29 is 22.7 Å². The third-order valence-corrected chi connectivity index (χ3v) is 3.05. The van der Waals surface area contributed by atoms with Crippen molar-refractivity contribution >= 4 is 11.6 Å². The number of anilines is 1. The van der Waals surface area contributed by atoms with E-state index in [4.69, 9.17) is 4.74 Å². The van der Waals surface area contributed by atoms with Gasteiger partial charge in [-0.2, -0.15) is 18.3 Å². The first-order valence-electron chi connectivity index (χ1n) is 6.87. The monoisotopic (exact) mass is 341 g/mol. The maximum atomic E-state index is 12.7. The van der Waals surface area contributed by atoms with Crippen LogP contribution in [0.15, 0.2) is 41.2 Å². The smallest absolute Gasteiger partial charge is 0.383 e. The van der Waals surface area contributed by atoms with Gasteiger partial charge in [0.25, 0.3) is 11.5 Å². The number of carbonyl (C=O) groups is 1. The summed E-state index contributed by atoms with van der Waals surface area (Å²) >= 11 is 0. The van der Waals surface area contributed by atoms with E-state index in [0.29, 0.717) is 0 Å².